The maximum absolute atomic E-state index is 10.2. The first kappa shape index (κ1) is 14.2. The van der Waals surface area contributed by atoms with Gasteiger partial charge in [0.15, 0.2) is 11.5 Å². The number of aromatic hydroxyl groups is 1. The second-order valence-electron chi connectivity index (χ2n) is 5.32. The van der Waals surface area contributed by atoms with Crippen molar-refractivity contribution in [3.8, 4) is 11.5 Å². The highest BCUT2D eigenvalue weighted by atomic mass is 16.5. The zero-order valence-electron chi connectivity index (χ0n) is 12.1. The van der Waals surface area contributed by atoms with Crippen molar-refractivity contribution >= 4 is 0 Å². The van der Waals surface area contributed by atoms with Crippen molar-refractivity contribution < 1.29 is 9.84 Å². The Hall–Kier alpha value is -1.22. The molecule has 1 saturated carbocycles. The molecular formula is C16H25NO2. The Kier molecular flexibility index (Phi) is 5.08. The SMILES string of the molecule is CCN(Cc1cccc(OC)c1O)C1CCCCC1. The van der Waals surface area contributed by atoms with E-state index in [0.29, 0.717) is 17.5 Å². The molecular weight excluding hydrogens is 238 g/mol. The van der Waals surface area contributed by atoms with Crippen molar-refractivity contribution in [2.75, 3.05) is 13.7 Å². The minimum Gasteiger partial charge on any atom is -0.504 e. The molecule has 1 aliphatic carbocycles. The van der Waals surface area contributed by atoms with Crippen LogP contribution in [0.5, 0.6) is 11.5 Å². The largest absolute Gasteiger partial charge is 0.504 e. The summed E-state index contributed by atoms with van der Waals surface area (Å²) in [5.41, 5.74) is 0.965. The van der Waals surface area contributed by atoms with Crippen LogP contribution in [0.1, 0.15) is 44.6 Å². The third-order valence-corrected chi connectivity index (χ3v) is 4.17. The molecule has 3 heteroatoms. The predicted molar refractivity (Wildman–Crippen MR) is 77.6 cm³/mol. The van der Waals surface area contributed by atoms with Gasteiger partial charge in [0.1, 0.15) is 0 Å². The number of nitrogens with zero attached hydrogens (tertiary/aromatic N) is 1. The van der Waals surface area contributed by atoms with Gasteiger partial charge in [-0.25, -0.2) is 0 Å². The molecule has 106 valence electrons. The highest BCUT2D eigenvalue weighted by molar-refractivity contribution is 5.45. The van der Waals surface area contributed by atoms with Crippen molar-refractivity contribution in [1.82, 2.24) is 4.90 Å². The molecule has 0 unspecified atom stereocenters. The summed E-state index contributed by atoms with van der Waals surface area (Å²) in [6, 6.07) is 6.41. The minimum atomic E-state index is 0.291. The molecule has 0 bridgehead atoms. The molecule has 1 N–H and O–H groups in total. The first-order chi connectivity index (χ1) is 9.26. The van der Waals surface area contributed by atoms with Gasteiger partial charge in [0.2, 0.25) is 0 Å². The Morgan fingerprint density at radius 2 is 2.00 bits per heavy atom. The molecule has 1 aliphatic rings. The quantitative estimate of drug-likeness (QED) is 0.881. The van der Waals surface area contributed by atoms with Crippen LogP contribution in [0.4, 0.5) is 0 Å². The van der Waals surface area contributed by atoms with Gasteiger partial charge in [0.25, 0.3) is 0 Å². The Morgan fingerprint density at radius 1 is 1.26 bits per heavy atom. The van der Waals surface area contributed by atoms with Crippen LogP contribution in [0.15, 0.2) is 18.2 Å². The fourth-order valence-corrected chi connectivity index (χ4v) is 3.02. The van der Waals surface area contributed by atoms with E-state index in [9.17, 15) is 5.11 Å². The lowest BCUT2D eigenvalue weighted by molar-refractivity contribution is 0.154. The molecule has 0 aliphatic heterocycles. The van der Waals surface area contributed by atoms with Crippen molar-refractivity contribution in [3.63, 3.8) is 0 Å². The van der Waals surface area contributed by atoms with E-state index in [-0.39, 0.29) is 0 Å². The summed E-state index contributed by atoms with van der Waals surface area (Å²) in [7, 11) is 1.59. The van der Waals surface area contributed by atoms with Gasteiger partial charge >= 0.3 is 0 Å². The van der Waals surface area contributed by atoms with Crippen LogP contribution in [0.2, 0.25) is 0 Å². The Bertz CT molecular complexity index is 400. The lowest BCUT2D eigenvalue weighted by Gasteiger charge is -2.33. The maximum atomic E-state index is 10.2. The molecule has 0 amide bonds. The third-order valence-electron chi connectivity index (χ3n) is 4.17. The van der Waals surface area contributed by atoms with Crippen LogP contribution in [0.3, 0.4) is 0 Å². The Balaban J connectivity index is 2.09. The van der Waals surface area contributed by atoms with Crippen LogP contribution in [0, 0.1) is 0 Å². The van der Waals surface area contributed by atoms with E-state index in [1.54, 1.807) is 13.2 Å². The fraction of sp³-hybridized carbons (Fsp3) is 0.625. The van der Waals surface area contributed by atoms with E-state index in [1.165, 1.54) is 32.1 Å². The topological polar surface area (TPSA) is 32.7 Å². The molecule has 1 fully saturated rings. The van der Waals surface area contributed by atoms with Gasteiger partial charge in [0.05, 0.1) is 7.11 Å². The molecule has 0 radical (unpaired) electrons. The number of ether oxygens (including phenoxy) is 1. The van der Waals surface area contributed by atoms with Gasteiger partial charge < -0.3 is 9.84 Å². The molecule has 19 heavy (non-hydrogen) atoms. The molecule has 1 aromatic carbocycles. The van der Waals surface area contributed by atoms with Gasteiger partial charge in [-0.15, -0.1) is 0 Å². The van der Waals surface area contributed by atoms with Crippen LogP contribution < -0.4 is 4.74 Å². The highest BCUT2D eigenvalue weighted by Gasteiger charge is 2.21. The van der Waals surface area contributed by atoms with Crippen molar-refractivity contribution in [2.24, 2.45) is 0 Å². The summed E-state index contributed by atoms with van der Waals surface area (Å²) < 4.78 is 5.18. The number of para-hydroxylation sites is 1. The van der Waals surface area contributed by atoms with Crippen LogP contribution in [-0.4, -0.2) is 29.7 Å². The molecule has 3 nitrogen and oxygen atoms in total. The molecule has 0 aromatic heterocycles. The number of phenols is 1. The lowest BCUT2D eigenvalue weighted by atomic mass is 9.94. The second kappa shape index (κ2) is 6.80. The zero-order valence-corrected chi connectivity index (χ0v) is 12.1. The molecule has 1 aromatic rings. The molecule has 0 atom stereocenters. The standard InChI is InChI=1S/C16H25NO2/c1-3-17(14-9-5-4-6-10-14)12-13-8-7-11-15(19-2)16(13)18/h7-8,11,14,18H,3-6,9-10,12H2,1-2H3. The van der Waals surface area contributed by atoms with Gasteiger partial charge in [-0.05, 0) is 25.5 Å². The van der Waals surface area contributed by atoms with Crippen LogP contribution >= 0.6 is 0 Å². The first-order valence-corrected chi connectivity index (χ1v) is 7.35. The van der Waals surface area contributed by atoms with E-state index in [1.807, 2.05) is 12.1 Å². The molecule has 0 spiro atoms. The zero-order chi connectivity index (χ0) is 13.7. The molecule has 0 heterocycles. The van der Waals surface area contributed by atoms with E-state index in [2.05, 4.69) is 11.8 Å². The van der Waals surface area contributed by atoms with E-state index in [0.717, 1.165) is 18.7 Å². The van der Waals surface area contributed by atoms with Crippen molar-refractivity contribution in [3.05, 3.63) is 23.8 Å². The monoisotopic (exact) mass is 263 g/mol. The fourth-order valence-electron chi connectivity index (χ4n) is 3.02. The third kappa shape index (κ3) is 3.41. The lowest BCUT2D eigenvalue weighted by Crippen LogP contribution is -2.36. The summed E-state index contributed by atoms with van der Waals surface area (Å²) in [5.74, 6) is 0.858. The molecule has 2 rings (SSSR count). The second-order valence-corrected chi connectivity index (χ2v) is 5.32. The normalized spacial score (nSPS) is 16.8. The summed E-state index contributed by atoms with van der Waals surface area (Å²) in [4.78, 5) is 2.48. The van der Waals surface area contributed by atoms with Crippen molar-refractivity contribution in [1.29, 1.82) is 0 Å². The summed E-state index contributed by atoms with van der Waals surface area (Å²) >= 11 is 0. The number of hydrogen-bond acceptors (Lipinski definition) is 3. The minimum absolute atomic E-state index is 0.291. The Morgan fingerprint density at radius 3 is 2.63 bits per heavy atom. The number of phenolic OH excluding ortho intramolecular Hbond substituents is 1. The molecule has 0 saturated heterocycles. The number of rotatable bonds is 5. The van der Waals surface area contributed by atoms with Crippen LogP contribution in [-0.2, 0) is 6.54 Å². The summed E-state index contributed by atoms with van der Waals surface area (Å²) in [6.07, 6.45) is 6.63. The van der Waals surface area contributed by atoms with E-state index in [4.69, 9.17) is 4.74 Å². The summed E-state index contributed by atoms with van der Waals surface area (Å²) in [6.45, 7) is 4.04. The van der Waals surface area contributed by atoms with Crippen LogP contribution in [0.25, 0.3) is 0 Å². The first-order valence-electron chi connectivity index (χ1n) is 7.35. The van der Waals surface area contributed by atoms with Gasteiger partial charge in [-0.2, -0.15) is 0 Å². The van der Waals surface area contributed by atoms with Gasteiger partial charge in [-0.1, -0.05) is 38.3 Å². The average Bonchev–Trinajstić information content (AvgIpc) is 2.47. The Labute approximate surface area is 116 Å². The maximum Gasteiger partial charge on any atom is 0.162 e. The van der Waals surface area contributed by atoms with Crippen molar-refractivity contribution in [2.45, 2.75) is 51.6 Å². The number of methoxy groups -OCH3 is 1. The number of hydrogen-bond donors (Lipinski definition) is 1. The summed E-state index contributed by atoms with van der Waals surface area (Å²) in [5, 5.41) is 10.2. The highest BCUT2D eigenvalue weighted by Crippen LogP contribution is 2.32. The van der Waals surface area contributed by atoms with Gasteiger partial charge in [-0.3, -0.25) is 4.90 Å². The predicted octanol–water partition coefficient (Wildman–Crippen LogP) is 3.56. The van der Waals surface area contributed by atoms with E-state index < -0.39 is 0 Å². The number of benzene rings is 1. The van der Waals surface area contributed by atoms with Gasteiger partial charge in [0, 0.05) is 18.2 Å². The average molecular weight is 263 g/mol. The van der Waals surface area contributed by atoms with E-state index >= 15 is 0 Å². The smallest absolute Gasteiger partial charge is 0.162 e.